The summed E-state index contributed by atoms with van der Waals surface area (Å²) < 4.78 is 4.99. The van der Waals surface area contributed by atoms with Gasteiger partial charge in [0.15, 0.2) is 0 Å². The molecule has 28 heavy (non-hydrogen) atoms. The van der Waals surface area contributed by atoms with E-state index in [1.165, 1.54) is 16.9 Å². The summed E-state index contributed by atoms with van der Waals surface area (Å²) in [4.78, 5) is 13.2. The maximum absolute atomic E-state index is 11.8. The average Bonchev–Trinajstić information content (AvgIpc) is 2.68. The molecule has 1 aliphatic rings. The third kappa shape index (κ3) is 5.34. The Morgan fingerprint density at radius 2 is 1.79 bits per heavy atom. The Labute approximate surface area is 178 Å². The number of hydrogen-bond donors (Lipinski definition) is 0. The summed E-state index contributed by atoms with van der Waals surface area (Å²) in [6, 6.07) is 11.6. The predicted molar refractivity (Wildman–Crippen MR) is 120 cm³/mol. The molecular weight excluding hydrogens is 388 g/mol. The predicted octanol–water partition coefficient (Wildman–Crippen LogP) is 6.72. The quantitative estimate of drug-likeness (QED) is 0.403. The van der Waals surface area contributed by atoms with Gasteiger partial charge >= 0.3 is 5.97 Å². The summed E-state index contributed by atoms with van der Waals surface area (Å²) in [5.41, 5.74) is 3.69. The maximum Gasteiger partial charge on any atom is 0.339 e. The molecular formula is C24H27ClO2S. The molecule has 1 aliphatic heterocycles. The van der Waals surface area contributed by atoms with E-state index >= 15 is 0 Å². The molecule has 0 amide bonds. The number of esters is 1. The van der Waals surface area contributed by atoms with Crippen LogP contribution in [0.4, 0.5) is 0 Å². The zero-order valence-electron chi connectivity index (χ0n) is 17.2. The lowest BCUT2D eigenvalue weighted by molar-refractivity contribution is 0.0526. The van der Waals surface area contributed by atoms with Gasteiger partial charge in [-0.05, 0) is 66.5 Å². The van der Waals surface area contributed by atoms with Crippen LogP contribution in [0.3, 0.4) is 0 Å². The normalized spacial score (nSPS) is 13.9. The Morgan fingerprint density at radius 3 is 2.43 bits per heavy atom. The molecule has 0 spiro atoms. The van der Waals surface area contributed by atoms with Gasteiger partial charge in [0, 0.05) is 16.0 Å². The van der Waals surface area contributed by atoms with E-state index in [-0.39, 0.29) is 5.41 Å². The van der Waals surface area contributed by atoms with E-state index in [1.807, 2.05) is 25.6 Å². The smallest absolute Gasteiger partial charge is 0.339 e. The second-order valence-corrected chi connectivity index (χ2v) is 8.40. The maximum atomic E-state index is 11.8. The fraction of sp³-hybridized carbons (Fsp3) is 0.375. The Bertz CT molecular complexity index is 907. The van der Waals surface area contributed by atoms with E-state index in [0.29, 0.717) is 17.2 Å². The average molecular weight is 415 g/mol. The van der Waals surface area contributed by atoms with Crippen LogP contribution in [0.1, 0.15) is 68.1 Å². The van der Waals surface area contributed by atoms with Crippen molar-refractivity contribution in [1.82, 2.24) is 0 Å². The summed E-state index contributed by atoms with van der Waals surface area (Å²) in [5, 5.41) is 0.359. The molecule has 2 aromatic rings. The lowest BCUT2D eigenvalue weighted by Gasteiger charge is -2.32. The molecule has 0 aromatic heterocycles. The first-order chi connectivity index (χ1) is 13.4. The molecule has 148 valence electrons. The second kappa shape index (κ2) is 10.0. The van der Waals surface area contributed by atoms with Gasteiger partial charge in [-0.15, -0.1) is 11.8 Å². The zero-order chi connectivity index (χ0) is 20.7. The molecule has 0 radical (unpaired) electrons. The highest BCUT2D eigenvalue weighted by Gasteiger charge is 2.27. The molecule has 0 saturated carbocycles. The molecule has 0 aliphatic carbocycles. The molecule has 0 bridgehead atoms. The van der Waals surface area contributed by atoms with Crippen LogP contribution in [0.2, 0.25) is 5.02 Å². The van der Waals surface area contributed by atoms with Crippen molar-refractivity contribution in [1.29, 1.82) is 0 Å². The van der Waals surface area contributed by atoms with Crippen LogP contribution in [0, 0.1) is 11.8 Å². The third-order valence-corrected chi connectivity index (χ3v) is 5.90. The largest absolute Gasteiger partial charge is 0.462 e. The molecule has 0 fully saturated rings. The Balaban J connectivity index is 0.00000136. The molecule has 2 aromatic carbocycles. The minimum Gasteiger partial charge on any atom is -0.462 e. The Hall–Kier alpha value is -1.89. The number of halogens is 1. The molecule has 0 saturated heterocycles. The van der Waals surface area contributed by atoms with Gasteiger partial charge in [-0.25, -0.2) is 4.79 Å². The SMILES string of the molecule is CC.CCOC(=O)c1ccc(C#Cc2ccc3c(c2)C(C)(C)CCS3)cc1Cl. The topological polar surface area (TPSA) is 26.3 Å². The summed E-state index contributed by atoms with van der Waals surface area (Å²) in [7, 11) is 0. The number of fused-ring (bicyclic) bond motifs is 1. The summed E-state index contributed by atoms with van der Waals surface area (Å²) in [6.07, 6.45) is 1.17. The molecule has 2 nitrogen and oxygen atoms in total. The van der Waals surface area contributed by atoms with E-state index in [9.17, 15) is 4.79 Å². The van der Waals surface area contributed by atoms with Gasteiger partial charge in [-0.3, -0.25) is 0 Å². The summed E-state index contributed by atoms with van der Waals surface area (Å²) in [5.74, 6) is 7.11. The van der Waals surface area contributed by atoms with E-state index in [0.717, 1.165) is 16.9 Å². The van der Waals surface area contributed by atoms with Gasteiger partial charge in [0.25, 0.3) is 0 Å². The van der Waals surface area contributed by atoms with Crippen LogP contribution in [-0.4, -0.2) is 18.3 Å². The van der Waals surface area contributed by atoms with E-state index < -0.39 is 5.97 Å². The summed E-state index contributed by atoms with van der Waals surface area (Å²) in [6.45, 7) is 10.7. The number of ether oxygens (including phenoxy) is 1. The molecule has 0 atom stereocenters. The van der Waals surface area contributed by atoms with Gasteiger partial charge in [0.05, 0.1) is 17.2 Å². The first kappa shape index (κ1) is 22.4. The van der Waals surface area contributed by atoms with Gasteiger partial charge in [0.2, 0.25) is 0 Å². The van der Waals surface area contributed by atoms with Gasteiger partial charge < -0.3 is 4.74 Å². The first-order valence-electron chi connectivity index (χ1n) is 9.67. The number of hydrogen-bond acceptors (Lipinski definition) is 3. The van der Waals surface area contributed by atoms with Crippen molar-refractivity contribution in [3.05, 3.63) is 63.7 Å². The monoisotopic (exact) mass is 414 g/mol. The Morgan fingerprint density at radius 1 is 1.14 bits per heavy atom. The highest BCUT2D eigenvalue weighted by atomic mass is 35.5. The van der Waals surface area contributed by atoms with E-state index in [4.69, 9.17) is 16.3 Å². The molecule has 0 N–H and O–H groups in total. The minimum absolute atomic E-state index is 0.183. The van der Waals surface area contributed by atoms with Crippen molar-refractivity contribution in [2.24, 2.45) is 0 Å². The summed E-state index contributed by atoms with van der Waals surface area (Å²) >= 11 is 8.12. The Kier molecular flexibility index (Phi) is 8.04. The van der Waals surface area contributed by atoms with Gasteiger partial charge in [-0.2, -0.15) is 0 Å². The second-order valence-electron chi connectivity index (χ2n) is 6.86. The van der Waals surface area contributed by atoms with Crippen molar-refractivity contribution >= 4 is 29.3 Å². The number of thioether (sulfide) groups is 1. The fourth-order valence-electron chi connectivity index (χ4n) is 2.92. The molecule has 4 heteroatoms. The first-order valence-corrected chi connectivity index (χ1v) is 11.0. The van der Waals surface area contributed by atoms with Gasteiger partial charge in [0.1, 0.15) is 0 Å². The fourth-order valence-corrected chi connectivity index (χ4v) is 4.67. The van der Waals surface area contributed by atoms with Gasteiger partial charge in [-0.1, -0.05) is 51.1 Å². The van der Waals surface area contributed by atoms with Crippen LogP contribution in [0.15, 0.2) is 41.3 Å². The number of carbonyl (C=O) groups excluding carboxylic acids is 1. The standard InChI is InChI=1S/C22H21ClO2S.C2H6/c1-4-25-21(24)17-9-7-16(14-19(17)23)6-5-15-8-10-20-18(13-15)22(2,3)11-12-26-20;1-2/h7-10,13-14H,4,11-12H2,1-3H3;1-2H3. The van der Waals surface area contributed by atoms with Crippen molar-refractivity contribution in [3.63, 3.8) is 0 Å². The highest BCUT2D eigenvalue weighted by molar-refractivity contribution is 7.99. The zero-order valence-corrected chi connectivity index (χ0v) is 18.8. The lowest BCUT2D eigenvalue weighted by Crippen LogP contribution is -2.22. The highest BCUT2D eigenvalue weighted by Crippen LogP contribution is 2.41. The van der Waals surface area contributed by atoms with Crippen molar-refractivity contribution in [2.75, 3.05) is 12.4 Å². The van der Waals surface area contributed by atoms with Crippen molar-refractivity contribution < 1.29 is 9.53 Å². The van der Waals surface area contributed by atoms with Crippen LogP contribution in [0.25, 0.3) is 0 Å². The van der Waals surface area contributed by atoms with Crippen LogP contribution in [0.5, 0.6) is 0 Å². The number of rotatable bonds is 2. The molecule has 3 rings (SSSR count). The molecule has 0 unspecified atom stereocenters. The number of benzene rings is 2. The van der Waals surface area contributed by atoms with Crippen LogP contribution >= 0.6 is 23.4 Å². The third-order valence-electron chi connectivity index (χ3n) is 4.51. The number of carbonyl (C=O) groups is 1. The lowest BCUT2D eigenvalue weighted by atomic mass is 9.81. The van der Waals surface area contributed by atoms with Crippen molar-refractivity contribution in [3.8, 4) is 11.8 Å². The molecule has 1 heterocycles. The minimum atomic E-state index is -0.411. The van der Waals surface area contributed by atoms with Crippen molar-refractivity contribution in [2.45, 2.75) is 51.3 Å². The van der Waals surface area contributed by atoms with E-state index in [2.05, 4.69) is 43.9 Å². The van der Waals surface area contributed by atoms with E-state index in [1.54, 1.807) is 25.1 Å². The van der Waals surface area contributed by atoms with Crippen LogP contribution in [-0.2, 0) is 10.2 Å². The van der Waals surface area contributed by atoms with Crippen LogP contribution < -0.4 is 0 Å².